The summed E-state index contributed by atoms with van der Waals surface area (Å²) in [6.07, 6.45) is 3.32. The van der Waals surface area contributed by atoms with Gasteiger partial charge in [-0.3, -0.25) is 10.1 Å². The number of nitrogens with one attached hydrogen (secondary N) is 1. The van der Waals surface area contributed by atoms with Gasteiger partial charge in [0, 0.05) is 29.9 Å². The summed E-state index contributed by atoms with van der Waals surface area (Å²) >= 11 is 1.33. The van der Waals surface area contributed by atoms with Crippen molar-refractivity contribution in [2.45, 2.75) is 31.9 Å². The molecule has 4 rings (SSSR count). The normalized spacial score (nSPS) is 20.4. The zero-order valence-corrected chi connectivity index (χ0v) is 16.8. The van der Waals surface area contributed by atoms with Crippen LogP contribution in [0.25, 0.3) is 6.08 Å². The van der Waals surface area contributed by atoms with Crippen LogP contribution in [0.1, 0.15) is 29.0 Å². The largest absolute Gasteiger partial charge is 0.368 e. The Balaban J connectivity index is 1.43. The summed E-state index contributed by atoms with van der Waals surface area (Å²) in [5.41, 5.74) is 1.69. The van der Waals surface area contributed by atoms with Crippen LogP contribution in [0.3, 0.4) is 0 Å². The second-order valence-electron chi connectivity index (χ2n) is 6.72. The fourth-order valence-electron chi connectivity index (χ4n) is 3.23. The van der Waals surface area contributed by atoms with Crippen molar-refractivity contribution < 1.29 is 17.9 Å². The number of anilines is 1. The van der Waals surface area contributed by atoms with Gasteiger partial charge < -0.3 is 4.74 Å². The molecular weight excluding hydrogens is 398 g/mol. The van der Waals surface area contributed by atoms with Crippen molar-refractivity contribution >= 4 is 38.5 Å². The molecule has 0 radical (unpaired) electrons. The number of aromatic nitrogens is 1. The first kappa shape index (κ1) is 19.3. The number of benzene rings is 1. The Labute approximate surface area is 168 Å². The van der Waals surface area contributed by atoms with Gasteiger partial charge in [-0.25, -0.2) is 13.4 Å². The van der Waals surface area contributed by atoms with Crippen molar-refractivity contribution in [3.05, 3.63) is 51.9 Å². The highest BCUT2D eigenvalue weighted by Gasteiger charge is 2.29. The van der Waals surface area contributed by atoms with Gasteiger partial charge in [0.1, 0.15) is 6.10 Å². The molecule has 1 N–H and O–H groups in total. The van der Waals surface area contributed by atoms with E-state index in [2.05, 4.69) is 10.3 Å². The van der Waals surface area contributed by atoms with E-state index in [1.54, 1.807) is 6.08 Å². The number of ether oxygens (including phenoxy) is 1. The highest BCUT2D eigenvalue weighted by molar-refractivity contribution is 7.92. The number of carbonyl (C=O) groups is 1. The second-order valence-corrected chi connectivity index (χ2v) is 9.62. The first-order chi connectivity index (χ1) is 13.5. The van der Waals surface area contributed by atoms with Gasteiger partial charge in [0.15, 0.2) is 5.13 Å². The van der Waals surface area contributed by atoms with Crippen molar-refractivity contribution in [2.24, 2.45) is 0 Å². The maximum absolute atomic E-state index is 12.7. The van der Waals surface area contributed by atoms with Crippen LogP contribution in [0.2, 0.25) is 0 Å². The van der Waals surface area contributed by atoms with Gasteiger partial charge in [0.05, 0.1) is 12.2 Å². The average Bonchev–Trinajstić information content (AvgIpc) is 3.36. The molecule has 0 saturated carbocycles. The second kappa shape index (κ2) is 8.12. The molecule has 1 aromatic heterocycles. The fourth-order valence-corrected chi connectivity index (χ4v) is 5.49. The molecule has 2 aliphatic rings. The Morgan fingerprint density at radius 2 is 2.14 bits per heavy atom. The Bertz CT molecular complexity index is 980. The predicted octanol–water partition coefficient (Wildman–Crippen LogP) is 2.62. The van der Waals surface area contributed by atoms with Crippen LogP contribution in [0.4, 0.5) is 5.13 Å². The smallest absolute Gasteiger partial charge is 0.255 e. The van der Waals surface area contributed by atoms with Crippen LogP contribution in [0.15, 0.2) is 35.7 Å². The number of carbonyl (C=O) groups excluding carboxylic acids is 1. The highest BCUT2D eigenvalue weighted by atomic mass is 32.2. The van der Waals surface area contributed by atoms with E-state index in [0.717, 1.165) is 29.0 Å². The van der Waals surface area contributed by atoms with Crippen molar-refractivity contribution in [1.29, 1.82) is 0 Å². The average molecular weight is 420 g/mol. The van der Waals surface area contributed by atoms with Crippen molar-refractivity contribution in [3.8, 4) is 0 Å². The van der Waals surface area contributed by atoms with Crippen molar-refractivity contribution in [3.63, 3.8) is 0 Å². The maximum atomic E-state index is 12.7. The van der Waals surface area contributed by atoms with Crippen LogP contribution < -0.4 is 5.32 Å². The third-order valence-corrected chi connectivity index (χ3v) is 7.25. The van der Waals surface area contributed by atoms with Gasteiger partial charge in [-0.05, 0) is 24.5 Å². The first-order valence-corrected chi connectivity index (χ1v) is 11.5. The molecule has 7 nitrogen and oxygen atoms in total. The SMILES string of the molecule is O=C(Nc1nc2c(s1)CN(S(=O)(=O)/C=C/c1ccccc1)CC2)C1CCCO1. The summed E-state index contributed by atoms with van der Waals surface area (Å²) in [5.74, 6) is -0.182. The minimum Gasteiger partial charge on any atom is -0.368 e. The van der Waals surface area contributed by atoms with Gasteiger partial charge in [-0.1, -0.05) is 30.3 Å². The number of hydrogen-bond donors (Lipinski definition) is 1. The highest BCUT2D eigenvalue weighted by Crippen LogP contribution is 2.30. The van der Waals surface area contributed by atoms with Crippen LogP contribution in [-0.4, -0.2) is 42.9 Å². The number of hydrogen-bond acceptors (Lipinski definition) is 6. The first-order valence-electron chi connectivity index (χ1n) is 9.15. The van der Waals surface area contributed by atoms with Gasteiger partial charge >= 0.3 is 0 Å². The molecule has 1 fully saturated rings. The Hall–Kier alpha value is -2.07. The summed E-state index contributed by atoms with van der Waals surface area (Å²) in [7, 11) is -3.53. The number of amides is 1. The van der Waals surface area contributed by atoms with E-state index in [9.17, 15) is 13.2 Å². The van der Waals surface area contributed by atoms with E-state index < -0.39 is 16.1 Å². The number of sulfonamides is 1. The van der Waals surface area contributed by atoms with Crippen molar-refractivity contribution in [2.75, 3.05) is 18.5 Å². The Morgan fingerprint density at radius 3 is 2.89 bits per heavy atom. The summed E-state index contributed by atoms with van der Waals surface area (Å²) < 4.78 is 32.2. The molecule has 28 heavy (non-hydrogen) atoms. The molecule has 3 heterocycles. The Morgan fingerprint density at radius 1 is 1.32 bits per heavy atom. The maximum Gasteiger partial charge on any atom is 0.255 e. The molecule has 1 aromatic carbocycles. The van der Waals surface area contributed by atoms with Crippen LogP contribution in [0.5, 0.6) is 0 Å². The predicted molar refractivity (Wildman–Crippen MR) is 108 cm³/mol. The molecule has 1 unspecified atom stereocenters. The lowest BCUT2D eigenvalue weighted by atomic mass is 10.2. The van der Waals surface area contributed by atoms with Gasteiger partial charge in [0.2, 0.25) is 10.0 Å². The molecule has 0 bridgehead atoms. The minimum atomic E-state index is -3.53. The third kappa shape index (κ3) is 4.33. The molecule has 1 saturated heterocycles. The molecule has 1 amide bonds. The van der Waals surface area contributed by atoms with E-state index in [1.165, 1.54) is 21.1 Å². The molecule has 2 aromatic rings. The number of fused-ring (bicyclic) bond motifs is 1. The molecule has 9 heteroatoms. The lowest BCUT2D eigenvalue weighted by Crippen LogP contribution is -2.34. The molecule has 2 aliphatic heterocycles. The van der Waals surface area contributed by atoms with E-state index in [4.69, 9.17) is 4.74 Å². The molecule has 1 atom stereocenters. The lowest BCUT2D eigenvalue weighted by molar-refractivity contribution is -0.124. The molecular formula is C19H21N3O4S2. The quantitative estimate of drug-likeness (QED) is 0.805. The molecule has 0 spiro atoms. The summed E-state index contributed by atoms with van der Waals surface area (Å²) in [5, 5.41) is 4.55. The zero-order valence-electron chi connectivity index (χ0n) is 15.2. The Kier molecular flexibility index (Phi) is 5.58. The minimum absolute atomic E-state index is 0.182. The van der Waals surface area contributed by atoms with Crippen LogP contribution in [-0.2, 0) is 32.5 Å². The van der Waals surface area contributed by atoms with E-state index in [0.29, 0.717) is 24.7 Å². The number of rotatable bonds is 5. The van der Waals surface area contributed by atoms with Gasteiger partial charge in [0.25, 0.3) is 5.91 Å². The van der Waals surface area contributed by atoms with Gasteiger partial charge in [-0.2, -0.15) is 4.31 Å². The summed E-state index contributed by atoms with van der Waals surface area (Å²) in [6, 6.07) is 9.32. The molecule has 148 valence electrons. The van der Waals surface area contributed by atoms with Crippen molar-refractivity contribution in [1.82, 2.24) is 9.29 Å². The summed E-state index contributed by atoms with van der Waals surface area (Å²) in [6.45, 7) is 1.25. The van der Waals surface area contributed by atoms with Crippen LogP contribution in [0, 0.1) is 0 Å². The number of thiazole rings is 1. The summed E-state index contributed by atoms with van der Waals surface area (Å²) in [4.78, 5) is 17.5. The van der Waals surface area contributed by atoms with Gasteiger partial charge in [-0.15, -0.1) is 11.3 Å². The van der Waals surface area contributed by atoms with E-state index >= 15 is 0 Å². The standard InChI is InChI=1S/C19H21N3O4S2/c23-18(16-7-4-11-26-16)21-19-20-15-8-10-22(13-17(15)27-19)28(24,25)12-9-14-5-2-1-3-6-14/h1-3,5-6,9,12,16H,4,7-8,10-11,13H2,(H,20,21,23)/b12-9+. The molecule has 0 aliphatic carbocycles. The third-order valence-electron chi connectivity index (χ3n) is 4.74. The number of nitrogens with zero attached hydrogens (tertiary/aromatic N) is 2. The fraction of sp³-hybridized carbons (Fsp3) is 0.368. The topological polar surface area (TPSA) is 88.6 Å². The van der Waals surface area contributed by atoms with E-state index in [-0.39, 0.29) is 12.5 Å². The lowest BCUT2D eigenvalue weighted by Gasteiger charge is -2.23. The van der Waals surface area contributed by atoms with E-state index in [1.807, 2.05) is 30.3 Å². The zero-order chi connectivity index (χ0) is 19.6. The van der Waals surface area contributed by atoms with Crippen LogP contribution >= 0.6 is 11.3 Å². The monoisotopic (exact) mass is 419 g/mol.